The molecule has 0 atom stereocenters. The Morgan fingerprint density at radius 3 is 2.41 bits per heavy atom. The van der Waals surface area contributed by atoms with Crippen LogP contribution in [0.25, 0.3) is 0 Å². The molecule has 0 aliphatic heterocycles. The lowest BCUT2D eigenvalue weighted by molar-refractivity contribution is 0.0733. The smallest absolute Gasteiger partial charge is 0.344 e. The third kappa shape index (κ3) is 2.74. The first-order valence-electron chi connectivity index (χ1n) is 5.21. The standard InChI is InChI=1S/C14H11BrO2/c1-10-6-5-9-12(15)13(10)14(16)17-11-7-3-2-4-8-11/h2-9H,1H3. The van der Waals surface area contributed by atoms with E-state index in [1.54, 1.807) is 12.1 Å². The van der Waals surface area contributed by atoms with Gasteiger partial charge in [0.05, 0.1) is 5.56 Å². The Morgan fingerprint density at radius 2 is 1.76 bits per heavy atom. The van der Waals surface area contributed by atoms with E-state index < -0.39 is 0 Å². The van der Waals surface area contributed by atoms with Gasteiger partial charge in [0.25, 0.3) is 0 Å². The summed E-state index contributed by atoms with van der Waals surface area (Å²) in [6.07, 6.45) is 0. The summed E-state index contributed by atoms with van der Waals surface area (Å²) in [7, 11) is 0. The normalized spacial score (nSPS) is 10.0. The minimum Gasteiger partial charge on any atom is -0.423 e. The number of hydrogen-bond acceptors (Lipinski definition) is 2. The van der Waals surface area contributed by atoms with Gasteiger partial charge in [-0.2, -0.15) is 0 Å². The van der Waals surface area contributed by atoms with Crippen LogP contribution in [0.4, 0.5) is 0 Å². The molecule has 0 heterocycles. The van der Waals surface area contributed by atoms with Crippen LogP contribution in [0, 0.1) is 6.92 Å². The van der Waals surface area contributed by atoms with Crippen LogP contribution in [0.2, 0.25) is 0 Å². The Labute approximate surface area is 108 Å². The van der Waals surface area contributed by atoms with Crippen molar-refractivity contribution in [1.29, 1.82) is 0 Å². The molecule has 17 heavy (non-hydrogen) atoms. The van der Waals surface area contributed by atoms with Crippen LogP contribution in [0.1, 0.15) is 15.9 Å². The zero-order valence-electron chi connectivity index (χ0n) is 9.31. The topological polar surface area (TPSA) is 26.3 Å². The minimum atomic E-state index is -0.346. The molecule has 0 radical (unpaired) electrons. The van der Waals surface area contributed by atoms with Crippen molar-refractivity contribution in [2.24, 2.45) is 0 Å². The molecule has 0 aliphatic rings. The number of carbonyl (C=O) groups excluding carboxylic acids is 1. The first kappa shape index (κ1) is 11.9. The van der Waals surface area contributed by atoms with Crippen molar-refractivity contribution in [3.8, 4) is 5.75 Å². The fourth-order valence-electron chi connectivity index (χ4n) is 1.54. The second kappa shape index (κ2) is 5.15. The average molecular weight is 291 g/mol. The molecule has 2 aromatic carbocycles. The van der Waals surface area contributed by atoms with Gasteiger partial charge in [0, 0.05) is 4.47 Å². The number of carbonyl (C=O) groups is 1. The highest BCUT2D eigenvalue weighted by Gasteiger charge is 2.14. The summed E-state index contributed by atoms with van der Waals surface area (Å²) in [6.45, 7) is 1.88. The van der Waals surface area contributed by atoms with Crippen LogP contribution in [-0.4, -0.2) is 5.97 Å². The maximum absolute atomic E-state index is 12.0. The number of halogens is 1. The Balaban J connectivity index is 2.27. The Hall–Kier alpha value is -1.61. The Kier molecular flexibility index (Phi) is 3.59. The number of ether oxygens (including phenoxy) is 1. The second-order valence-electron chi connectivity index (χ2n) is 3.63. The molecule has 86 valence electrons. The van der Waals surface area contributed by atoms with Gasteiger partial charge < -0.3 is 4.74 Å². The van der Waals surface area contributed by atoms with Gasteiger partial charge in [-0.05, 0) is 46.6 Å². The zero-order chi connectivity index (χ0) is 12.3. The van der Waals surface area contributed by atoms with E-state index in [0.29, 0.717) is 11.3 Å². The summed E-state index contributed by atoms with van der Waals surface area (Å²) >= 11 is 3.36. The molecular weight excluding hydrogens is 280 g/mol. The average Bonchev–Trinajstić information content (AvgIpc) is 2.30. The summed E-state index contributed by atoms with van der Waals surface area (Å²) < 4.78 is 6.04. The van der Waals surface area contributed by atoms with Gasteiger partial charge in [0.2, 0.25) is 0 Å². The van der Waals surface area contributed by atoms with Crippen molar-refractivity contribution in [3.05, 3.63) is 64.1 Å². The minimum absolute atomic E-state index is 0.346. The Bertz CT molecular complexity index is 515. The van der Waals surface area contributed by atoms with Crippen LogP contribution in [0.15, 0.2) is 53.0 Å². The SMILES string of the molecule is Cc1cccc(Br)c1C(=O)Oc1ccccc1. The van der Waals surface area contributed by atoms with Gasteiger partial charge in [-0.3, -0.25) is 0 Å². The van der Waals surface area contributed by atoms with E-state index in [2.05, 4.69) is 15.9 Å². The monoisotopic (exact) mass is 290 g/mol. The fourth-order valence-corrected chi connectivity index (χ4v) is 2.16. The number of hydrogen-bond donors (Lipinski definition) is 0. The third-order valence-corrected chi connectivity index (χ3v) is 3.04. The van der Waals surface area contributed by atoms with Gasteiger partial charge in [0.15, 0.2) is 0 Å². The first-order valence-corrected chi connectivity index (χ1v) is 6.00. The molecule has 0 saturated carbocycles. The van der Waals surface area contributed by atoms with Crippen LogP contribution < -0.4 is 4.74 Å². The number of aryl methyl sites for hydroxylation is 1. The van der Waals surface area contributed by atoms with Crippen molar-refractivity contribution >= 4 is 21.9 Å². The highest BCUT2D eigenvalue weighted by atomic mass is 79.9. The van der Waals surface area contributed by atoms with Gasteiger partial charge in [0.1, 0.15) is 5.75 Å². The highest BCUT2D eigenvalue weighted by molar-refractivity contribution is 9.10. The summed E-state index contributed by atoms with van der Waals surface area (Å²) in [6, 6.07) is 14.6. The number of para-hydroxylation sites is 1. The number of benzene rings is 2. The second-order valence-corrected chi connectivity index (χ2v) is 4.49. The van der Waals surface area contributed by atoms with E-state index >= 15 is 0 Å². The molecular formula is C14H11BrO2. The molecule has 0 saturated heterocycles. The molecule has 0 aliphatic carbocycles. The van der Waals surface area contributed by atoms with E-state index in [0.717, 1.165) is 10.0 Å². The molecule has 0 N–H and O–H groups in total. The van der Waals surface area contributed by atoms with Gasteiger partial charge in [-0.25, -0.2) is 4.79 Å². The quantitative estimate of drug-likeness (QED) is 0.618. The Morgan fingerprint density at radius 1 is 1.06 bits per heavy atom. The van der Waals surface area contributed by atoms with Gasteiger partial charge in [-0.15, -0.1) is 0 Å². The van der Waals surface area contributed by atoms with Crippen LogP contribution >= 0.6 is 15.9 Å². The van der Waals surface area contributed by atoms with E-state index in [1.807, 2.05) is 43.3 Å². The van der Waals surface area contributed by atoms with Gasteiger partial charge >= 0.3 is 5.97 Å². The van der Waals surface area contributed by atoms with Crippen LogP contribution in [0.3, 0.4) is 0 Å². The maximum atomic E-state index is 12.0. The zero-order valence-corrected chi connectivity index (χ0v) is 10.9. The molecule has 3 heteroatoms. The summed E-state index contributed by atoms with van der Waals surface area (Å²) in [5.74, 6) is 0.203. The molecule has 2 aromatic rings. The van der Waals surface area contributed by atoms with Crippen molar-refractivity contribution < 1.29 is 9.53 Å². The first-order chi connectivity index (χ1) is 8.18. The predicted molar refractivity (Wildman–Crippen MR) is 70.3 cm³/mol. The summed E-state index contributed by atoms with van der Waals surface area (Å²) in [5, 5.41) is 0. The number of rotatable bonds is 2. The summed E-state index contributed by atoms with van der Waals surface area (Å²) in [5.41, 5.74) is 1.46. The van der Waals surface area contributed by atoms with E-state index in [4.69, 9.17) is 4.74 Å². The van der Waals surface area contributed by atoms with E-state index in [-0.39, 0.29) is 5.97 Å². The lowest BCUT2D eigenvalue weighted by Crippen LogP contribution is -2.10. The molecule has 0 fully saturated rings. The molecule has 2 nitrogen and oxygen atoms in total. The third-order valence-electron chi connectivity index (χ3n) is 2.38. The van der Waals surface area contributed by atoms with E-state index in [1.165, 1.54) is 0 Å². The van der Waals surface area contributed by atoms with Crippen molar-refractivity contribution in [2.45, 2.75) is 6.92 Å². The molecule has 2 rings (SSSR count). The highest BCUT2D eigenvalue weighted by Crippen LogP contribution is 2.22. The molecule has 0 unspecified atom stereocenters. The summed E-state index contributed by atoms with van der Waals surface area (Å²) in [4.78, 5) is 12.0. The maximum Gasteiger partial charge on any atom is 0.344 e. The number of esters is 1. The fraction of sp³-hybridized carbons (Fsp3) is 0.0714. The lowest BCUT2D eigenvalue weighted by atomic mass is 10.1. The van der Waals surface area contributed by atoms with E-state index in [9.17, 15) is 4.79 Å². The molecule has 0 spiro atoms. The molecule has 0 amide bonds. The predicted octanol–water partition coefficient (Wildman–Crippen LogP) is 3.98. The molecule has 0 bridgehead atoms. The van der Waals surface area contributed by atoms with Crippen molar-refractivity contribution in [2.75, 3.05) is 0 Å². The molecule has 0 aromatic heterocycles. The van der Waals surface area contributed by atoms with Gasteiger partial charge in [-0.1, -0.05) is 30.3 Å². The van der Waals surface area contributed by atoms with Crippen molar-refractivity contribution in [3.63, 3.8) is 0 Å². The van der Waals surface area contributed by atoms with Crippen LogP contribution in [0.5, 0.6) is 5.75 Å². The van der Waals surface area contributed by atoms with Crippen molar-refractivity contribution in [1.82, 2.24) is 0 Å². The lowest BCUT2D eigenvalue weighted by Gasteiger charge is -2.08. The van der Waals surface area contributed by atoms with Crippen LogP contribution in [-0.2, 0) is 0 Å². The largest absolute Gasteiger partial charge is 0.423 e.